The van der Waals surface area contributed by atoms with Gasteiger partial charge in [0.05, 0.1) is 12.7 Å². The van der Waals surface area contributed by atoms with Gasteiger partial charge in [-0.25, -0.2) is 13.1 Å². The third kappa shape index (κ3) is 3.30. The van der Waals surface area contributed by atoms with Gasteiger partial charge >= 0.3 is 0 Å². The maximum Gasteiger partial charge on any atom is 0.243 e. The fourth-order valence-corrected chi connectivity index (χ4v) is 3.04. The van der Waals surface area contributed by atoms with E-state index in [2.05, 4.69) is 15.1 Å². The predicted octanol–water partition coefficient (Wildman–Crippen LogP) is 0.179. The quantitative estimate of drug-likeness (QED) is 0.694. The molecule has 1 aliphatic carbocycles. The molecule has 2 N–H and O–H groups in total. The van der Waals surface area contributed by atoms with Crippen LogP contribution >= 0.6 is 0 Å². The third-order valence-electron chi connectivity index (χ3n) is 3.10. The molecule has 2 unspecified atom stereocenters. The van der Waals surface area contributed by atoms with Gasteiger partial charge in [0.25, 0.3) is 0 Å². The van der Waals surface area contributed by atoms with Gasteiger partial charge in [0, 0.05) is 18.8 Å². The molecular formula is C11H20N4O2S. The van der Waals surface area contributed by atoms with E-state index in [1.807, 2.05) is 13.8 Å². The van der Waals surface area contributed by atoms with Crippen molar-refractivity contribution < 1.29 is 8.42 Å². The summed E-state index contributed by atoms with van der Waals surface area (Å²) in [7, 11) is -3.39. The summed E-state index contributed by atoms with van der Waals surface area (Å²) in [6, 6.07) is 0.0973. The van der Waals surface area contributed by atoms with Crippen LogP contribution in [0, 0.1) is 5.92 Å². The van der Waals surface area contributed by atoms with E-state index in [9.17, 15) is 8.42 Å². The number of hydrogen-bond donors (Lipinski definition) is 2. The molecule has 0 radical (unpaired) electrons. The second kappa shape index (κ2) is 5.38. The number of nitrogens with one attached hydrogen (secondary N) is 2. The lowest BCUT2D eigenvalue weighted by Crippen LogP contribution is -2.26. The van der Waals surface area contributed by atoms with Crippen LogP contribution in [0.1, 0.15) is 20.3 Å². The lowest BCUT2D eigenvalue weighted by Gasteiger charge is -2.03. The highest BCUT2D eigenvalue weighted by molar-refractivity contribution is 7.89. The minimum absolute atomic E-state index is 0.0973. The van der Waals surface area contributed by atoms with Crippen LogP contribution in [0.5, 0.6) is 0 Å². The van der Waals surface area contributed by atoms with Crippen molar-refractivity contribution in [3.05, 3.63) is 12.4 Å². The predicted molar refractivity (Wildman–Crippen MR) is 68.7 cm³/mol. The highest BCUT2D eigenvalue weighted by Gasteiger charge is 2.36. The SMILES string of the molecule is CCNCCn1cc(S(=O)(=O)NC2CC2C)cn1. The van der Waals surface area contributed by atoms with Gasteiger partial charge in [0.1, 0.15) is 4.90 Å². The lowest BCUT2D eigenvalue weighted by molar-refractivity contribution is 0.562. The molecule has 1 aromatic heterocycles. The van der Waals surface area contributed by atoms with Crippen LogP contribution in [0.15, 0.2) is 17.3 Å². The van der Waals surface area contributed by atoms with E-state index < -0.39 is 10.0 Å². The van der Waals surface area contributed by atoms with Crippen molar-refractivity contribution >= 4 is 10.0 Å². The van der Waals surface area contributed by atoms with E-state index in [1.165, 1.54) is 6.20 Å². The molecular weight excluding hydrogens is 252 g/mol. The van der Waals surface area contributed by atoms with E-state index in [0.29, 0.717) is 12.5 Å². The first-order chi connectivity index (χ1) is 8.53. The summed E-state index contributed by atoms with van der Waals surface area (Å²) < 4.78 is 28.3. The zero-order valence-electron chi connectivity index (χ0n) is 10.8. The number of sulfonamides is 1. The summed E-state index contributed by atoms with van der Waals surface area (Å²) >= 11 is 0. The van der Waals surface area contributed by atoms with Crippen LogP contribution in [-0.2, 0) is 16.6 Å². The van der Waals surface area contributed by atoms with E-state index >= 15 is 0 Å². The van der Waals surface area contributed by atoms with Crippen molar-refractivity contribution in [3.8, 4) is 0 Å². The van der Waals surface area contributed by atoms with E-state index in [4.69, 9.17) is 0 Å². The van der Waals surface area contributed by atoms with E-state index in [-0.39, 0.29) is 10.9 Å². The molecule has 2 rings (SSSR count). The second-order valence-electron chi connectivity index (χ2n) is 4.73. The van der Waals surface area contributed by atoms with Crippen molar-refractivity contribution in [3.63, 3.8) is 0 Å². The molecule has 1 fully saturated rings. The van der Waals surface area contributed by atoms with Crippen molar-refractivity contribution in [1.82, 2.24) is 19.8 Å². The Kier molecular flexibility index (Phi) is 4.04. The molecule has 0 aliphatic heterocycles. The Labute approximate surface area is 108 Å². The van der Waals surface area contributed by atoms with Crippen LogP contribution in [0.3, 0.4) is 0 Å². The minimum Gasteiger partial charge on any atom is -0.315 e. The first-order valence-electron chi connectivity index (χ1n) is 6.28. The monoisotopic (exact) mass is 272 g/mol. The molecule has 102 valence electrons. The van der Waals surface area contributed by atoms with E-state index in [0.717, 1.165) is 19.5 Å². The standard InChI is InChI=1S/C11H20N4O2S/c1-3-12-4-5-15-8-10(7-13-15)18(16,17)14-11-6-9(11)2/h7-9,11-12,14H,3-6H2,1-2H3. The van der Waals surface area contributed by atoms with E-state index in [1.54, 1.807) is 10.9 Å². The molecule has 0 saturated heterocycles. The molecule has 1 saturated carbocycles. The van der Waals surface area contributed by atoms with Crippen LogP contribution < -0.4 is 10.0 Å². The Morgan fingerprint density at radius 2 is 2.28 bits per heavy atom. The molecule has 2 atom stereocenters. The van der Waals surface area contributed by atoms with Gasteiger partial charge in [-0.05, 0) is 18.9 Å². The van der Waals surface area contributed by atoms with Gasteiger partial charge in [-0.3, -0.25) is 4.68 Å². The first-order valence-corrected chi connectivity index (χ1v) is 7.76. The maximum absolute atomic E-state index is 12.0. The van der Waals surface area contributed by atoms with Crippen molar-refractivity contribution in [2.75, 3.05) is 13.1 Å². The summed E-state index contributed by atoms with van der Waals surface area (Å²) in [5.41, 5.74) is 0. The fraction of sp³-hybridized carbons (Fsp3) is 0.727. The second-order valence-corrected chi connectivity index (χ2v) is 6.45. The Balaban J connectivity index is 1.95. The largest absolute Gasteiger partial charge is 0.315 e. The van der Waals surface area contributed by atoms with Crippen molar-refractivity contribution in [1.29, 1.82) is 0 Å². The average Bonchev–Trinajstić information content (AvgIpc) is 2.82. The molecule has 7 heteroatoms. The fourth-order valence-electron chi connectivity index (χ4n) is 1.73. The van der Waals surface area contributed by atoms with Gasteiger partial charge in [-0.1, -0.05) is 13.8 Å². The molecule has 6 nitrogen and oxygen atoms in total. The number of nitrogens with zero attached hydrogens (tertiary/aromatic N) is 2. The number of hydrogen-bond acceptors (Lipinski definition) is 4. The lowest BCUT2D eigenvalue weighted by atomic mass is 10.5. The zero-order chi connectivity index (χ0) is 13.2. The van der Waals surface area contributed by atoms with Gasteiger partial charge in [0.15, 0.2) is 0 Å². The smallest absolute Gasteiger partial charge is 0.243 e. The van der Waals surface area contributed by atoms with Gasteiger partial charge < -0.3 is 5.32 Å². The Morgan fingerprint density at radius 3 is 2.89 bits per heavy atom. The highest BCUT2D eigenvalue weighted by atomic mass is 32.2. The Bertz CT molecular complexity index is 497. The number of aromatic nitrogens is 2. The van der Waals surface area contributed by atoms with Gasteiger partial charge in [0.2, 0.25) is 10.0 Å². The van der Waals surface area contributed by atoms with Crippen LogP contribution in [-0.4, -0.2) is 37.3 Å². The average molecular weight is 272 g/mol. The molecule has 0 spiro atoms. The zero-order valence-corrected chi connectivity index (χ0v) is 11.6. The Morgan fingerprint density at radius 1 is 1.56 bits per heavy atom. The normalized spacial score (nSPS) is 23.2. The third-order valence-corrected chi connectivity index (χ3v) is 4.55. The summed E-state index contributed by atoms with van der Waals surface area (Å²) in [5, 5.41) is 7.23. The summed E-state index contributed by atoms with van der Waals surface area (Å²) in [5.74, 6) is 0.448. The van der Waals surface area contributed by atoms with Crippen LogP contribution in [0.2, 0.25) is 0 Å². The maximum atomic E-state index is 12.0. The molecule has 1 heterocycles. The minimum atomic E-state index is -3.39. The van der Waals surface area contributed by atoms with Gasteiger partial charge in [-0.15, -0.1) is 0 Å². The molecule has 0 bridgehead atoms. The summed E-state index contributed by atoms with van der Waals surface area (Å²) in [6.07, 6.45) is 3.90. The van der Waals surface area contributed by atoms with Gasteiger partial charge in [-0.2, -0.15) is 5.10 Å². The number of rotatable bonds is 7. The molecule has 1 aliphatic rings. The molecule has 0 aromatic carbocycles. The van der Waals surface area contributed by atoms with Crippen molar-refractivity contribution in [2.45, 2.75) is 37.8 Å². The summed E-state index contributed by atoms with van der Waals surface area (Å²) in [6.45, 7) is 6.41. The summed E-state index contributed by atoms with van der Waals surface area (Å²) in [4.78, 5) is 0.248. The Hall–Kier alpha value is -0.920. The molecule has 1 aromatic rings. The van der Waals surface area contributed by atoms with Crippen LogP contribution in [0.25, 0.3) is 0 Å². The highest BCUT2D eigenvalue weighted by Crippen LogP contribution is 2.30. The van der Waals surface area contributed by atoms with Crippen LogP contribution in [0.4, 0.5) is 0 Å². The first kappa shape index (κ1) is 13.5. The topological polar surface area (TPSA) is 76.0 Å². The molecule has 0 amide bonds. The number of likely N-dealkylation sites (N-methyl/N-ethyl adjacent to an activating group) is 1. The molecule has 18 heavy (non-hydrogen) atoms. The van der Waals surface area contributed by atoms with Crippen molar-refractivity contribution in [2.24, 2.45) is 5.92 Å².